The number of nitrogens with zero attached hydrogens (tertiary/aromatic N) is 1. The average molecular weight is 214 g/mol. The molecule has 0 bridgehead atoms. The van der Waals surface area contributed by atoms with E-state index in [0.29, 0.717) is 11.3 Å². The predicted molar refractivity (Wildman–Crippen MR) is 65.9 cm³/mol. The molecule has 0 amide bonds. The van der Waals surface area contributed by atoms with Crippen LogP contribution in [0.1, 0.15) is 26.7 Å². The molecule has 3 heteroatoms. The predicted octanol–water partition coefficient (Wildman–Crippen LogP) is 1.89. The Hall–Kier alpha value is -0.150. The SMILES string of the molecule is C=C(C1CC(S)CN1)N(CC)CCC. The molecule has 0 radical (unpaired) electrons. The summed E-state index contributed by atoms with van der Waals surface area (Å²) in [6, 6.07) is 0.448. The van der Waals surface area contributed by atoms with Gasteiger partial charge in [-0.25, -0.2) is 0 Å². The number of nitrogens with one attached hydrogen (secondary N) is 1. The van der Waals surface area contributed by atoms with Crippen molar-refractivity contribution >= 4 is 12.6 Å². The van der Waals surface area contributed by atoms with Crippen molar-refractivity contribution in [2.24, 2.45) is 0 Å². The molecule has 1 saturated heterocycles. The Bertz CT molecular complexity index is 188. The number of rotatable bonds is 5. The number of likely N-dealkylation sites (N-methyl/N-ethyl adjacent to an activating group) is 1. The normalized spacial score (nSPS) is 26.5. The molecule has 1 rings (SSSR count). The van der Waals surface area contributed by atoms with E-state index in [1.54, 1.807) is 0 Å². The van der Waals surface area contributed by atoms with E-state index in [4.69, 9.17) is 0 Å². The van der Waals surface area contributed by atoms with Crippen molar-refractivity contribution in [3.63, 3.8) is 0 Å². The van der Waals surface area contributed by atoms with Crippen LogP contribution in [0, 0.1) is 0 Å². The van der Waals surface area contributed by atoms with Crippen molar-refractivity contribution in [3.05, 3.63) is 12.3 Å². The fourth-order valence-electron chi connectivity index (χ4n) is 1.97. The van der Waals surface area contributed by atoms with Crippen molar-refractivity contribution in [1.29, 1.82) is 0 Å². The molecular formula is C11H22N2S. The quantitative estimate of drug-likeness (QED) is 0.680. The highest BCUT2D eigenvalue weighted by Crippen LogP contribution is 2.19. The summed E-state index contributed by atoms with van der Waals surface area (Å²) in [5, 5.41) is 3.96. The smallest absolute Gasteiger partial charge is 0.0476 e. The second-order valence-electron chi connectivity index (χ2n) is 3.92. The molecule has 0 aromatic rings. The first-order valence-electron chi connectivity index (χ1n) is 5.54. The molecule has 0 aromatic carbocycles. The third kappa shape index (κ3) is 2.92. The molecule has 1 heterocycles. The Morgan fingerprint density at radius 2 is 2.29 bits per heavy atom. The third-order valence-electron chi connectivity index (χ3n) is 2.79. The third-order valence-corrected chi connectivity index (χ3v) is 3.18. The van der Waals surface area contributed by atoms with E-state index in [1.807, 2.05) is 0 Å². The summed E-state index contributed by atoms with van der Waals surface area (Å²) in [5.74, 6) is 0. The standard InChI is InChI=1S/C11H22N2S/c1-4-6-13(5-2)9(3)11-7-10(14)8-12-11/h10-12,14H,3-8H2,1-2H3. The van der Waals surface area contributed by atoms with Crippen LogP contribution in [0.2, 0.25) is 0 Å². The Labute approximate surface area is 93.2 Å². The van der Waals surface area contributed by atoms with Gasteiger partial charge in [-0.2, -0.15) is 12.6 Å². The van der Waals surface area contributed by atoms with Crippen LogP contribution in [0.4, 0.5) is 0 Å². The molecule has 1 N–H and O–H groups in total. The van der Waals surface area contributed by atoms with Crippen LogP contribution in [0.25, 0.3) is 0 Å². The topological polar surface area (TPSA) is 15.3 Å². The van der Waals surface area contributed by atoms with Gasteiger partial charge in [0.2, 0.25) is 0 Å². The Balaban J connectivity index is 2.45. The van der Waals surface area contributed by atoms with Crippen LogP contribution in [-0.4, -0.2) is 35.8 Å². The van der Waals surface area contributed by atoms with Gasteiger partial charge in [0.25, 0.3) is 0 Å². The zero-order chi connectivity index (χ0) is 10.6. The largest absolute Gasteiger partial charge is 0.374 e. The number of hydrogen-bond donors (Lipinski definition) is 2. The lowest BCUT2D eigenvalue weighted by Crippen LogP contribution is -2.35. The zero-order valence-electron chi connectivity index (χ0n) is 9.29. The molecule has 0 spiro atoms. The van der Waals surface area contributed by atoms with Gasteiger partial charge in [0.1, 0.15) is 0 Å². The lowest BCUT2D eigenvalue weighted by Gasteiger charge is -2.28. The minimum atomic E-state index is 0.448. The zero-order valence-corrected chi connectivity index (χ0v) is 10.2. The van der Waals surface area contributed by atoms with Crippen LogP contribution >= 0.6 is 12.6 Å². The van der Waals surface area contributed by atoms with Crippen LogP contribution in [0.5, 0.6) is 0 Å². The summed E-state index contributed by atoms with van der Waals surface area (Å²) in [7, 11) is 0. The van der Waals surface area contributed by atoms with Gasteiger partial charge in [-0.3, -0.25) is 0 Å². The maximum absolute atomic E-state index is 4.47. The van der Waals surface area contributed by atoms with E-state index in [-0.39, 0.29) is 0 Å². The lowest BCUT2D eigenvalue weighted by molar-refractivity contribution is 0.332. The van der Waals surface area contributed by atoms with E-state index in [1.165, 1.54) is 12.1 Å². The maximum atomic E-state index is 4.47. The van der Waals surface area contributed by atoms with Crippen LogP contribution < -0.4 is 5.32 Å². The first kappa shape index (κ1) is 11.9. The molecule has 0 aromatic heterocycles. The van der Waals surface area contributed by atoms with E-state index in [0.717, 1.165) is 26.1 Å². The van der Waals surface area contributed by atoms with Gasteiger partial charge >= 0.3 is 0 Å². The molecule has 2 unspecified atom stereocenters. The van der Waals surface area contributed by atoms with Gasteiger partial charge in [0.15, 0.2) is 0 Å². The highest BCUT2D eigenvalue weighted by molar-refractivity contribution is 7.81. The maximum Gasteiger partial charge on any atom is 0.0476 e. The summed E-state index contributed by atoms with van der Waals surface area (Å²) in [5.41, 5.74) is 1.24. The molecule has 1 fully saturated rings. The monoisotopic (exact) mass is 214 g/mol. The first-order chi connectivity index (χ1) is 6.69. The van der Waals surface area contributed by atoms with Gasteiger partial charge < -0.3 is 10.2 Å². The van der Waals surface area contributed by atoms with E-state index >= 15 is 0 Å². The van der Waals surface area contributed by atoms with Crippen LogP contribution in [0.15, 0.2) is 12.3 Å². The molecule has 2 atom stereocenters. The number of thiol groups is 1. The van der Waals surface area contributed by atoms with Crippen molar-refractivity contribution in [3.8, 4) is 0 Å². The summed E-state index contributed by atoms with van der Waals surface area (Å²) >= 11 is 4.47. The molecule has 1 aliphatic heterocycles. The highest BCUT2D eigenvalue weighted by atomic mass is 32.1. The highest BCUT2D eigenvalue weighted by Gasteiger charge is 2.25. The summed E-state index contributed by atoms with van der Waals surface area (Å²) in [6.45, 7) is 11.8. The summed E-state index contributed by atoms with van der Waals surface area (Å²) in [6.07, 6.45) is 2.30. The van der Waals surface area contributed by atoms with Crippen LogP contribution in [0.3, 0.4) is 0 Å². The van der Waals surface area contributed by atoms with E-state index in [9.17, 15) is 0 Å². The minimum Gasteiger partial charge on any atom is -0.374 e. The van der Waals surface area contributed by atoms with Crippen molar-refractivity contribution in [2.75, 3.05) is 19.6 Å². The minimum absolute atomic E-state index is 0.448. The lowest BCUT2D eigenvalue weighted by atomic mass is 10.1. The molecule has 0 saturated carbocycles. The summed E-state index contributed by atoms with van der Waals surface area (Å²) in [4.78, 5) is 2.36. The Morgan fingerprint density at radius 1 is 1.57 bits per heavy atom. The second kappa shape index (κ2) is 5.66. The Kier molecular flexibility index (Phi) is 4.82. The second-order valence-corrected chi connectivity index (χ2v) is 4.65. The molecule has 2 nitrogen and oxygen atoms in total. The van der Waals surface area contributed by atoms with Crippen molar-refractivity contribution in [2.45, 2.75) is 38.0 Å². The van der Waals surface area contributed by atoms with Crippen molar-refractivity contribution < 1.29 is 0 Å². The van der Waals surface area contributed by atoms with Crippen molar-refractivity contribution in [1.82, 2.24) is 10.2 Å². The number of hydrogen-bond acceptors (Lipinski definition) is 3. The van der Waals surface area contributed by atoms with E-state index in [2.05, 4.69) is 43.3 Å². The molecule has 82 valence electrons. The molecule has 14 heavy (non-hydrogen) atoms. The van der Waals surface area contributed by atoms with Gasteiger partial charge in [-0.15, -0.1) is 0 Å². The molecule has 0 aliphatic carbocycles. The van der Waals surface area contributed by atoms with Gasteiger partial charge in [0.05, 0.1) is 0 Å². The fourth-order valence-corrected chi connectivity index (χ4v) is 2.28. The fraction of sp³-hybridized carbons (Fsp3) is 0.818. The van der Waals surface area contributed by atoms with Gasteiger partial charge in [-0.05, 0) is 19.8 Å². The van der Waals surface area contributed by atoms with Gasteiger partial charge in [-0.1, -0.05) is 13.5 Å². The first-order valence-corrected chi connectivity index (χ1v) is 6.05. The molecule has 1 aliphatic rings. The Morgan fingerprint density at radius 3 is 2.71 bits per heavy atom. The van der Waals surface area contributed by atoms with Crippen LogP contribution in [-0.2, 0) is 0 Å². The van der Waals surface area contributed by atoms with E-state index < -0.39 is 0 Å². The summed E-state index contributed by atoms with van der Waals surface area (Å²) < 4.78 is 0. The van der Waals surface area contributed by atoms with Gasteiger partial charge in [0, 0.05) is 36.6 Å². The average Bonchev–Trinajstić information content (AvgIpc) is 2.60. The molecular weight excluding hydrogens is 192 g/mol.